The van der Waals surface area contributed by atoms with Gasteiger partial charge >= 0.3 is 0 Å². The standard InChI is InChI=1S/C10H13N3OS/c1-8-6-15-10(13-8)2-3-11-4-9-5-12-7-14-9/h5-7,11H,2-4H2,1H3. The molecule has 0 aromatic carbocycles. The Labute approximate surface area is 92.4 Å². The summed E-state index contributed by atoms with van der Waals surface area (Å²) in [6, 6.07) is 0. The molecule has 0 bridgehead atoms. The lowest BCUT2D eigenvalue weighted by Crippen LogP contribution is -2.16. The second kappa shape index (κ2) is 5.04. The molecule has 2 rings (SSSR count). The molecule has 0 unspecified atom stereocenters. The van der Waals surface area contributed by atoms with Gasteiger partial charge < -0.3 is 9.73 Å². The van der Waals surface area contributed by atoms with Gasteiger partial charge in [-0.25, -0.2) is 9.97 Å². The van der Waals surface area contributed by atoms with E-state index in [0.717, 1.165) is 31.0 Å². The van der Waals surface area contributed by atoms with Gasteiger partial charge in [-0.05, 0) is 6.92 Å². The lowest BCUT2D eigenvalue weighted by atomic mass is 10.4. The molecule has 0 atom stereocenters. The summed E-state index contributed by atoms with van der Waals surface area (Å²) < 4.78 is 5.10. The monoisotopic (exact) mass is 223 g/mol. The second-order valence-corrected chi connectivity index (χ2v) is 4.22. The van der Waals surface area contributed by atoms with Crippen molar-refractivity contribution in [1.82, 2.24) is 15.3 Å². The maximum absolute atomic E-state index is 5.10. The zero-order valence-corrected chi connectivity index (χ0v) is 9.38. The molecule has 0 amide bonds. The molecule has 0 saturated carbocycles. The van der Waals surface area contributed by atoms with Crippen LogP contribution < -0.4 is 5.32 Å². The van der Waals surface area contributed by atoms with Gasteiger partial charge in [0.15, 0.2) is 6.39 Å². The Balaban J connectivity index is 1.67. The highest BCUT2D eigenvalue weighted by atomic mass is 32.1. The molecular weight excluding hydrogens is 210 g/mol. The van der Waals surface area contributed by atoms with Crippen molar-refractivity contribution in [2.45, 2.75) is 19.9 Å². The van der Waals surface area contributed by atoms with Crippen molar-refractivity contribution in [3.63, 3.8) is 0 Å². The third-order valence-electron chi connectivity index (χ3n) is 1.96. The van der Waals surface area contributed by atoms with Crippen LogP contribution in [0.15, 0.2) is 22.4 Å². The minimum Gasteiger partial charge on any atom is -0.447 e. The van der Waals surface area contributed by atoms with Crippen molar-refractivity contribution in [2.24, 2.45) is 0 Å². The molecule has 80 valence electrons. The topological polar surface area (TPSA) is 51.0 Å². The van der Waals surface area contributed by atoms with E-state index in [0.29, 0.717) is 0 Å². The van der Waals surface area contributed by atoms with E-state index in [1.54, 1.807) is 17.5 Å². The number of aromatic nitrogens is 2. The van der Waals surface area contributed by atoms with Crippen LogP contribution in [-0.2, 0) is 13.0 Å². The maximum Gasteiger partial charge on any atom is 0.180 e. The molecule has 0 saturated heterocycles. The Kier molecular flexibility index (Phi) is 3.47. The first-order chi connectivity index (χ1) is 7.34. The molecule has 0 aliphatic carbocycles. The van der Waals surface area contributed by atoms with Crippen LogP contribution in [0.4, 0.5) is 0 Å². The lowest BCUT2D eigenvalue weighted by molar-refractivity contribution is 0.480. The Morgan fingerprint density at radius 3 is 3.13 bits per heavy atom. The average Bonchev–Trinajstić information content (AvgIpc) is 2.84. The van der Waals surface area contributed by atoms with Crippen LogP contribution in [0, 0.1) is 6.92 Å². The first-order valence-electron chi connectivity index (χ1n) is 4.83. The predicted molar refractivity (Wildman–Crippen MR) is 58.8 cm³/mol. The molecule has 0 aliphatic rings. The zero-order chi connectivity index (χ0) is 10.5. The fourth-order valence-corrected chi connectivity index (χ4v) is 2.03. The highest BCUT2D eigenvalue weighted by Gasteiger charge is 1.99. The summed E-state index contributed by atoms with van der Waals surface area (Å²) in [5, 5.41) is 6.53. The van der Waals surface area contributed by atoms with Crippen LogP contribution in [0.5, 0.6) is 0 Å². The highest BCUT2D eigenvalue weighted by Crippen LogP contribution is 2.08. The summed E-state index contributed by atoms with van der Waals surface area (Å²) in [4.78, 5) is 8.23. The first-order valence-corrected chi connectivity index (χ1v) is 5.71. The third kappa shape index (κ3) is 3.14. The second-order valence-electron chi connectivity index (χ2n) is 3.28. The number of hydrogen-bond donors (Lipinski definition) is 1. The number of nitrogens with zero attached hydrogens (tertiary/aromatic N) is 2. The van der Waals surface area contributed by atoms with Gasteiger partial charge in [0.2, 0.25) is 0 Å². The van der Waals surface area contributed by atoms with Gasteiger partial charge in [-0.3, -0.25) is 0 Å². The molecule has 2 heterocycles. The van der Waals surface area contributed by atoms with Crippen LogP contribution in [0.2, 0.25) is 0 Å². The summed E-state index contributed by atoms with van der Waals surface area (Å²) in [7, 11) is 0. The molecule has 2 aromatic heterocycles. The summed E-state index contributed by atoms with van der Waals surface area (Å²) >= 11 is 1.71. The molecule has 15 heavy (non-hydrogen) atoms. The minimum absolute atomic E-state index is 0.727. The van der Waals surface area contributed by atoms with E-state index in [4.69, 9.17) is 4.42 Å². The van der Waals surface area contributed by atoms with Gasteiger partial charge in [-0.1, -0.05) is 0 Å². The molecule has 4 nitrogen and oxygen atoms in total. The molecule has 1 N–H and O–H groups in total. The van der Waals surface area contributed by atoms with Crippen molar-refractivity contribution in [3.05, 3.63) is 34.4 Å². The van der Waals surface area contributed by atoms with Gasteiger partial charge in [-0.15, -0.1) is 11.3 Å². The van der Waals surface area contributed by atoms with Gasteiger partial charge in [-0.2, -0.15) is 0 Å². The smallest absolute Gasteiger partial charge is 0.180 e. The van der Waals surface area contributed by atoms with Gasteiger partial charge in [0.1, 0.15) is 5.76 Å². The summed E-state index contributed by atoms with van der Waals surface area (Å²) in [6.07, 6.45) is 4.13. The zero-order valence-electron chi connectivity index (χ0n) is 8.56. The van der Waals surface area contributed by atoms with E-state index in [1.807, 2.05) is 6.92 Å². The Hall–Kier alpha value is -1.20. The van der Waals surface area contributed by atoms with E-state index < -0.39 is 0 Å². The van der Waals surface area contributed by atoms with Crippen molar-refractivity contribution < 1.29 is 4.42 Å². The molecule has 0 spiro atoms. The molecule has 0 fully saturated rings. The van der Waals surface area contributed by atoms with E-state index in [9.17, 15) is 0 Å². The number of aryl methyl sites for hydroxylation is 1. The van der Waals surface area contributed by atoms with Crippen LogP contribution in [0.25, 0.3) is 0 Å². The van der Waals surface area contributed by atoms with Crippen LogP contribution in [0.1, 0.15) is 16.5 Å². The quantitative estimate of drug-likeness (QED) is 0.785. The Morgan fingerprint density at radius 1 is 1.53 bits per heavy atom. The molecule has 0 aliphatic heterocycles. The van der Waals surface area contributed by atoms with E-state index in [1.165, 1.54) is 11.4 Å². The fraction of sp³-hybridized carbons (Fsp3) is 0.400. The number of hydrogen-bond acceptors (Lipinski definition) is 5. The van der Waals surface area contributed by atoms with Crippen LogP contribution >= 0.6 is 11.3 Å². The van der Waals surface area contributed by atoms with E-state index in [-0.39, 0.29) is 0 Å². The van der Waals surface area contributed by atoms with Gasteiger partial charge in [0.25, 0.3) is 0 Å². The normalized spacial score (nSPS) is 10.7. The van der Waals surface area contributed by atoms with Crippen molar-refractivity contribution in [3.8, 4) is 0 Å². The Morgan fingerprint density at radius 2 is 2.47 bits per heavy atom. The first kappa shape index (κ1) is 10.3. The number of oxazole rings is 1. The summed E-state index contributed by atoms with van der Waals surface area (Å²) in [5.74, 6) is 0.866. The lowest BCUT2D eigenvalue weighted by Gasteiger charge is -1.99. The van der Waals surface area contributed by atoms with E-state index >= 15 is 0 Å². The van der Waals surface area contributed by atoms with Crippen LogP contribution in [0.3, 0.4) is 0 Å². The third-order valence-corrected chi connectivity index (χ3v) is 2.99. The highest BCUT2D eigenvalue weighted by molar-refractivity contribution is 7.09. The molecular formula is C10H13N3OS. The Bertz CT molecular complexity index is 396. The summed E-state index contributed by atoms with van der Waals surface area (Å²) in [5.41, 5.74) is 1.10. The maximum atomic E-state index is 5.10. The van der Waals surface area contributed by atoms with Gasteiger partial charge in [0.05, 0.1) is 17.7 Å². The molecule has 5 heteroatoms. The van der Waals surface area contributed by atoms with Crippen molar-refractivity contribution >= 4 is 11.3 Å². The summed E-state index contributed by atoms with van der Waals surface area (Å²) in [6.45, 7) is 3.65. The fourth-order valence-electron chi connectivity index (χ4n) is 1.25. The largest absolute Gasteiger partial charge is 0.447 e. The minimum atomic E-state index is 0.727. The van der Waals surface area contributed by atoms with E-state index in [2.05, 4.69) is 20.7 Å². The molecule has 2 aromatic rings. The molecule has 0 radical (unpaired) electrons. The van der Waals surface area contributed by atoms with Crippen molar-refractivity contribution in [2.75, 3.05) is 6.54 Å². The average molecular weight is 223 g/mol. The number of thiazole rings is 1. The van der Waals surface area contributed by atoms with Gasteiger partial charge in [0, 0.05) is 24.0 Å². The number of nitrogens with one attached hydrogen (secondary N) is 1. The number of rotatable bonds is 5. The SMILES string of the molecule is Cc1csc(CCNCc2cnco2)n1. The van der Waals surface area contributed by atoms with Crippen molar-refractivity contribution in [1.29, 1.82) is 0 Å². The van der Waals surface area contributed by atoms with Crippen LogP contribution in [-0.4, -0.2) is 16.5 Å². The predicted octanol–water partition coefficient (Wildman–Crippen LogP) is 1.77.